The molecule has 9 heteroatoms. The second kappa shape index (κ2) is 9.02. The number of hydrogen-bond acceptors (Lipinski definition) is 6. The van der Waals surface area contributed by atoms with Gasteiger partial charge in [0, 0.05) is 31.1 Å². The number of carbonyl (C=O) groups is 3. The molecule has 0 aromatic rings. The summed E-state index contributed by atoms with van der Waals surface area (Å²) in [5.41, 5.74) is 0. The molecule has 8 nitrogen and oxygen atoms in total. The molecule has 2 amide bonds. The second-order valence-corrected chi connectivity index (χ2v) is 11.0. The predicted molar refractivity (Wildman–Crippen MR) is 107 cm³/mol. The Morgan fingerprint density at radius 2 is 1.83 bits per heavy atom. The van der Waals surface area contributed by atoms with Crippen molar-refractivity contribution in [2.24, 2.45) is 5.92 Å². The van der Waals surface area contributed by atoms with Crippen LogP contribution in [-0.4, -0.2) is 78.8 Å². The Labute approximate surface area is 172 Å². The van der Waals surface area contributed by atoms with Crippen LogP contribution in [0.3, 0.4) is 0 Å². The zero-order valence-electron chi connectivity index (χ0n) is 17.3. The number of rotatable bonds is 6. The van der Waals surface area contributed by atoms with Crippen molar-refractivity contribution in [1.29, 1.82) is 0 Å². The predicted octanol–water partition coefficient (Wildman–Crippen LogP) is 1.13. The standard InChI is InChI=1S/C20H32N2O6S/c1-14(2)21-11-15(10-18(21)23)20(25)28-12-19(24)22(16-6-4-3-5-7-16)17-8-9-29(26,27)13-17/h14-17H,3-13H2,1-2H3. The molecule has 3 rings (SSSR count). The van der Waals surface area contributed by atoms with Crippen LogP contribution in [0.1, 0.15) is 58.8 Å². The lowest BCUT2D eigenvalue weighted by molar-refractivity contribution is -0.157. The SMILES string of the molecule is CC(C)N1CC(C(=O)OCC(=O)N(C2CCCCC2)C2CCS(=O)(=O)C2)CC1=O. The number of hydrogen-bond donors (Lipinski definition) is 0. The van der Waals surface area contributed by atoms with E-state index >= 15 is 0 Å². The zero-order chi connectivity index (χ0) is 21.2. The van der Waals surface area contributed by atoms with Crippen molar-refractivity contribution in [2.75, 3.05) is 24.7 Å². The van der Waals surface area contributed by atoms with E-state index in [-0.39, 0.29) is 47.9 Å². The summed E-state index contributed by atoms with van der Waals surface area (Å²) < 4.78 is 29.2. The highest BCUT2D eigenvalue weighted by atomic mass is 32.2. The molecule has 2 unspecified atom stereocenters. The van der Waals surface area contributed by atoms with E-state index in [2.05, 4.69) is 0 Å². The summed E-state index contributed by atoms with van der Waals surface area (Å²) in [6.45, 7) is 3.72. The van der Waals surface area contributed by atoms with Gasteiger partial charge in [0.15, 0.2) is 16.4 Å². The minimum absolute atomic E-state index is 0.0103. The van der Waals surface area contributed by atoms with E-state index in [0.717, 1.165) is 32.1 Å². The molecule has 2 heterocycles. The molecule has 2 saturated heterocycles. The summed E-state index contributed by atoms with van der Waals surface area (Å²) >= 11 is 0. The van der Waals surface area contributed by atoms with Gasteiger partial charge in [-0.15, -0.1) is 0 Å². The molecule has 1 aliphatic carbocycles. The number of nitrogens with zero attached hydrogens (tertiary/aromatic N) is 2. The molecule has 0 spiro atoms. The van der Waals surface area contributed by atoms with E-state index < -0.39 is 28.3 Å². The Morgan fingerprint density at radius 3 is 2.38 bits per heavy atom. The molecule has 0 aromatic carbocycles. The molecular formula is C20H32N2O6S. The fraction of sp³-hybridized carbons (Fsp3) is 0.850. The Hall–Kier alpha value is -1.64. The van der Waals surface area contributed by atoms with Crippen LogP contribution in [0, 0.1) is 5.92 Å². The number of esters is 1. The normalized spacial score (nSPS) is 27.4. The molecule has 2 atom stereocenters. The molecule has 29 heavy (non-hydrogen) atoms. The van der Waals surface area contributed by atoms with Gasteiger partial charge in [-0.1, -0.05) is 19.3 Å². The summed E-state index contributed by atoms with van der Waals surface area (Å²) in [6.07, 6.45) is 5.43. The van der Waals surface area contributed by atoms with Crippen LogP contribution in [-0.2, 0) is 29.0 Å². The summed E-state index contributed by atoms with van der Waals surface area (Å²) in [7, 11) is -3.12. The van der Waals surface area contributed by atoms with Crippen LogP contribution >= 0.6 is 0 Å². The van der Waals surface area contributed by atoms with Crippen molar-refractivity contribution in [2.45, 2.75) is 76.9 Å². The van der Waals surface area contributed by atoms with Crippen LogP contribution in [0.25, 0.3) is 0 Å². The largest absolute Gasteiger partial charge is 0.455 e. The van der Waals surface area contributed by atoms with Crippen molar-refractivity contribution < 1.29 is 27.5 Å². The maximum atomic E-state index is 13.0. The number of ether oxygens (including phenoxy) is 1. The van der Waals surface area contributed by atoms with Crippen LogP contribution in [0.4, 0.5) is 0 Å². The molecule has 0 bridgehead atoms. The van der Waals surface area contributed by atoms with Crippen LogP contribution in [0.5, 0.6) is 0 Å². The Kier molecular flexibility index (Phi) is 6.86. The molecule has 3 fully saturated rings. The average Bonchev–Trinajstić information content (AvgIpc) is 3.23. The summed E-state index contributed by atoms with van der Waals surface area (Å²) in [5, 5.41) is 0. The number of amides is 2. The maximum absolute atomic E-state index is 13.0. The molecule has 0 N–H and O–H groups in total. The third-order valence-corrected chi connectivity index (χ3v) is 8.06. The van der Waals surface area contributed by atoms with Crippen molar-refractivity contribution in [1.82, 2.24) is 9.80 Å². The van der Waals surface area contributed by atoms with Gasteiger partial charge in [-0.05, 0) is 33.1 Å². The second-order valence-electron chi connectivity index (χ2n) is 8.80. The van der Waals surface area contributed by atoms with Gasteiger partial charge in [-0.2, -0.15) is 0 Å². The number of carbonyl (C=O) groups excluding carboxylic acids is 3. The van der Waals surface area contributed by atoms with Gasteiger partial charge in [0.1, 0.15) is 0 Å². The molecule has 3 aliphatic rings. The van der Waals surface area contributed by atoms with E-state index in [1.807, 2.05) is 13.8 Å². The van der Waals surface area contributed by atoms with Gasteiger partial charge in [0.05, 0.1) is 17.4 Å². The van der Waals surface area contributed by atoms with E-state index in [0.29, 0.717) is 13.0 Å². The zero-order valence-corrected chi connectivity index (χ0v) is 18.2. The third-order valence-electron chi connectivity index (χ3n) is 6.31. The van der Waals surface area contributed by atoms with Crippen molar-refractivity contribution in [3.8, 4) is 0 Å². The lowest BCUT2D eigenvalue weighted by Gasteiger charge is -2.38. The average molecular weight is 429 g/mol. The van der Waals surface area contributed by atoms with E-state index in [9.17, 15) is 22.8 Å². The Bertz CT molecular complexity index is 744. The lowest BCUT2D eigenvalue weighted by atomic mass is 9.93. The van der Waals surface area contributed by atoms with Gasteiger partial charge in [0.25, 0.3) is 5.91 Å². The van der Waals surface area contributed by atoms with E-state index in [1.54, 1.807) is 9.80 Å². The maximum Gasteiger partial charge on any atom is 0.311 e. The molecule has 2 aliphatic heterocycles. The first-order chi connectivity index (χ1) is 13.7. The summed E-state index contributed by atoms with van der Waals surface area (Å²) in [5.74, 6) is -1.39. The highest BCUT2D eigenvalue weighted by molar-refractivity contribution is 7.91. The van der Waals surface area contributed by atoms with Gasteiger partial charge in [-0.3, -0.25) is 14.4 Å². The monoisotopic (exact) mass is 428 g/mol. The van der Waals surface area contributed by atoms with Crippen LogP contribution in [0.2, 0.25) is 0 Å². The first kappa shape index (κ1) is 22.1. The topological polar surface area (TPSA) is 101 Å². The molecule has 164 valence electrons. The van der Waals surface area contributed by atoms with Gasteiger partial charge >= 0.3 is 5.97 Å². The van der Waals surface area contributed by atoms with Gasteiger partial charge in [-0.25, -0.2) is 8.42 Å². The van der Waals surface area contributed by atoms with Crippen molar-refractivity contribution >= 4 is 27.6 Å². The van der Waals surface area contributed by atoms with Crippen molar-refractivity contribution in [3.63, 3.8) is 0 Å². The highest BCUT2D eigenvalue weighted by Crippen LogP contribution is 2.29. The van der Waals surface area contributed by atoms with Gasteiger partial charge in [0.2, 0.25) is 5.91 Å². The minimum Gasteiger partial charge on any atom is -0.455 e. The first-order valence-electron chi connectivity index (χ1n) is 10.7. The summed E-state index contributed by atoms with van der Waals surface area (Å²) in [6, 6.07) is -0.301. The molecular weight excluding hydrogens is 396 g/mol. The van der Waals surface area contributed by atoms with E-state index in [1.165, 1.54) is 0 Å². The molecule has 0 aromatic heterocycles. The Balaban J connectivity index is 1.61. The first-order valence-corrected chi connectivity index (χ1v) is 12.5. The highest BCUT2D eigenvalue weighted by Gasteiger charge is 2.40. The lowest BCUT2D eigenvalue weighted by Crippen LogP contribution is -2.50. The van der Waals surface area contributed by atoms with E-state index in [4.69, 9.17) is 4.74 Å². The van der Waals surface area contributed by atoms with Gasteiger partial charge < -0.3 is 14.5 Å². The number of likely N-dealkylation sites (tertiary alicyclic amines) is 1. The Morgan fingerprint density at radius 1 is 1.14 bits per heavy atom. The molecule has 0 radical (unpaired) electrons. The fourth-order valence-electron chi connectivity index (χ4n) is 4.77. The number of sulfone groups is 1. The smallest absolute Gasteiger partial charge is 0.311 e. The third kappa shape index (κ3) is 5.29. The minimum atomic E-state index is -3.12. The summed E-state index contributed by atoms with van der Waals surface area (Å²) in [4.78, 5) is 40.7. The molecule has 1 saturated carbocycles. The fourth-order valence-corrected chi connectivity index (χ4v) is 6.48. The van der Waals surface area contributed by atoms with Crippen molar-refractivity contribution in [3.05, 3.63) is 0 Å². The van der Waals surface area contributed by atoms with Crippen LogP contribution < -0.4 is 0 Å². The quantitative estimate of drug-likeness (QED) is 0.588. The van der Waals surface area contributed by atoms with Crippen LogP contribution in [0.15, 0.2) is 0 Å².